The van der Waals surface area contributed by atoms with E-state index in [1.54, 1.807) is 23.1 Å². The Morgan fingerprint density at radius 1 is 1.20 bits per heavy atom. The fraction of sp³-hybridized carbons (Fsp3) is 0.300. The molecule has 0 N–H and O–H groups in total. The van der Waals surface area contributed by atoms with Crippen molar-refractivity contribution in [2.45, 2.75) is 39.5 Å². The smallest absolute Gasteiger partial charge is 0.410 e. The number of fused-ring (bicyclic) bond motifs is 1. The average molecular weight is 355 g/mol. The molecule has 0 aromatic heterocycles. The quantitative estimate of drug-likeness (QED) is 0.713. The number of hydrogen-bond acceptors (Lipinski definition) is 3. The molecule has 0 atom stereocenters. The Kier molecular flexibility index (Phi) is 4.45. The molecule has 5 heteroatoms. The van der Waals surface area contributed by atoms with Crippen LogP contribution in [0, 0.1) is 11.3 Å². The van der Waals surface area contributed by atoms with Crippen molar-refractivity contribution in [2.75, 3.05) is 0 Å². The number of carbonyl (C=O) groups is 1. The molecule has 0 saturated carbocycles. The van der Waals surface area contributed by atoms with Crippen LogP contribution < -0.4 is 0 Å². The van der Waals surface area contributed by atoms with Crippen LogP contribution in [0.4, 0.5) is 4.79 Å². The van der Waals surface area contributed by atoms with Crippen LogP contribution in [0.1, 0.15) is 37.5 Å². The zero-order valence-electron chi connectivity index (χ0n) is 14.5. The number of amides is 1. The summed E-state index contributed by atoms with van der Waals surface area (Å²) in [5.41, 5.74) is 3.85. The number of benzene rings is 2. The van der Waals surface area contributed by atoms with Gasteiger partial charge in [0.05, 0.1) is 18.2 Å². The first-order valence-corrected chi connectivity index (χ1v) is 8.45. The largest absolute Gasteiger partial charge is 0.444 e. The first kappa shape index (κ1) is 17.3. The minimum Gasteiger partial charge on any atom is -0.444 e. The van der Waals surface area contributed by atoms with E-state index in [-0.39, 0.29) is 6.09 Å². The number of rotatable bonds is 1. The van der Waals surface area contributed by atoms with Gasteiger partial charge in [-0.25, -0.2) is 4.79 Å². The lowest BCUT2D eigenvalue weighted by Gasteiger charge is -2.24. The molecule has 0 aliphatic carbocycles. The second kappa shape index (κ2) is 6.42. The lowest BCUT2D eigenvalue weighted by atomic mass is 9.94. The van der Waals surface area contributed by atoms with E-state index in [1.807, 2.05) is 39.0 Å². The van der Waals surface area contributed by atoms with E-state index in [9.17, 15) is 10.1 Å². The summed E-state index contributed by atoms with van der Waals surface area (Å²) in [6.07, 6.45) is -0.332. The number of ether oxygens (including phenoxy) is 1. The Labute approximate surface area is 152 Å². The lowest BCUT2D eigenvalue weighted by molar-refractivity contribution is 0.0242. The van der Waals surface area contributed by atoms with Gasteiger partial charge >= 0.3 is 6.09 Å². The highest BCUT2D eigenvalue weighted by Gasteiger charge is 2.29. The number of halogens is 1. The van der Waals surface area contributed by atoms with E-state index >= 15 is 0 Å². The molecule has 0 fully saturated rings. The van der Waals surface area contributed by atoms with Gasteiger partial charge in [0.1, 0.15) is 5.60 Å². The van der Waals surface area contributed by atoms with E-state index in [0.717, 1.165) is 22.3 Å². The zero-order chi connectivity index (χ0) is 18.2. The van der Waals surface area contributed by atoms with Gasteiger partial charge < -0.3 is 4.74 Å². The van der Waals surface area contributed by atoms with Gasteiger partial charge in [0, 0.05) is 17.1 Å². The maximum absolute atomic E-state index is 12.4. The highest BCUT2D eigenvalue weighted by molar-refractivity contribution is 6.31. The fourth-order valence-electron chi connectivity index (χ4n) is 2.97. The van der Waals surface area contributed by atoms with Crippen molar-refractivity contribution in [3.63, 3.8) is 0 Å². The Hall–Kier alpha value is -2.51. The molecule has 3 rings (SSSR count). The number of carbonyl (C=O) groups excluding carboxylic acids is 1. The third-order valence-corrected chi connectivity index (χ3v) is 4.26. The van der Waals surface area contributed by atoms with E-state index in [4.69, 9.17) is 16.3 Å². The molecular weight excluding hydrogens is 336 g/mol. The highest BCUT2D eigenvalue weighted by atomic mass is 35.5. The van der Waals surface area contributed by atoms with Gasteiger partial charge in [-0.15, -0.1) is 0 Å². The molecule has 0 unspecified atom stereocenters. The van der Waals surface area contributed by atoms with Crippen LogP contribution >= 0.6 is 11.6 Å². The minimum atomic E-state index is -0.532. The molecule has 2 aromatic rings. The molecule has 0 bridgehead atoms. The highest BCUT2D eigenvalue weighted by Crippen LogP contribution is 2.35. The summed E-state index contributed by atoms with van der Waals surface area (Å²) in [4.78, 5) is 14.1. The second-order valence-electron chi connectivity index (χ2n) is 7.08. The summed E-state index contributed by atoms with van der Waals surface area (Å²) in [5.74, 6) is 0. The standard InChI is InChI=1S/C20H19ClN2O2/c1-20(2,3)25-19(24)23-11-14-5-4-6-16(18(14)12-23)17-9-15(21)8-7-13(17)10-22/h4-9H,11-12H2,1-3H3. The normalized spacial score (nSPS) is 13.3. The summed E-state index contributed by atoms with van der Waals surface area (Å²) in [5, 5.41) is 9.99. The molecular formula is C20H19ClN2O2. The summed E-state index contributed by atoms with van der Waals surface area (Å²) in [7, 11) is 0. The van der Waals surface area contributed by atoms with Crippen LogP contribution in [0.25, 0.3) is 11.1 Å². The number of nitrogens with zero attached hydrogens (tertiary/aromatic N) is 2. The van der Waals surface area contributed by atoms with Crippen LogP contribution in [0.5, 0.6) is 0 Å². The molecule has 1 aliphatic heterocycles. The molecule has 1 aliphatic rings. The van der Waals surface area contributed by atoms with Gasteiger partial charge in [0.2, 0.25) is 0 Å². The first-order chi connectivity index (χ1) is 11.8. The van der Waals surface area contributed by atoms with Crippen molar-refractivity contribution in [1.82, 2.24) is 4.90 Å². The molecule has 4 nitrogen and oxygen atoms in total. The Bertz CT molecular complexity index is 878. The summed E-state index contributed by atoms with van der Waals surface area (Å²) in [6.45, 7) is 6.51. The molecule has 1 amide bonds. The Morgan fingerprint density at radius 3 is 2.64 bits per heavy atom. The average Bonchev–Trinajstić information content (AvgIpc) is 2.97. The maximum Gasteiger partial charge on any atom is 0.410 e. The van der Waals surface area contributed by atoms with Gasteiger partial charge in [-0.05, 0) is 55.7 Å². The van der Waals surface area contributed by atoms with Gasteiger partial charge in [-0.1, -0.05) is 29.8 Å². The second-order valence-corrected chi connectivity index (χ2v) is 7.52. The predicted octanol–water partition coefficient (Wildman–Crippen LogP) is 5.13. The number of nitriles is 1. The van der Waals surface area contributed by atoms with Crippen molar-refractivity contribution in [1.29, 1.82) is 5.26 Å². The van der Waals surface area contributed by atoms with Crippen molar-refractivity contribution >= 4 is 17.7 Å². The van der Waals surface area contributed by atoms with Crippen LogP contribution in [0.15, 0.2) is 36.4 Å². The topological polar surface area (TPSA) is 53.3 Å². The maximum atomic E-state index is 12.4. The molecule has 25 heavy (non-hydrogen) atoms. The van der Waals surface area contributed by atoms with E-state index in [0.29, 0.717) is 23.7 Å². The monoisotopic (exact) mass is 354 g/mol. The minimum absolute atomic E-state index is 0.332. The Balaban J connectivity index is 1.97. The first-order valence-electron chi connectivity index (χ1n) is 8.07. The number of hydrogen-bond donors (Lipinski definition) is 0. The van der Waals surface area contributed by atoms with Gasteiger partial charge in [0.25, 0.3) is 0 Å². The van der Waals surface area contributed by atoms with Gasteiger partial charge in [-0.2, -0.15) is 5.26 Å². The zero-order valence-corrected chi connectivity index (χ0v) is 15.2. The van der Waals surface area contributed by atoms with Crippen molar-refractivity contribution in [2.24, 2.45) is 0 Å². The van der Waals surface area contributed by atoms with Crippen molar-refractivity contribution in [3.05, 3.63) is 58.1 Å². The van der Waals surface area contributed by atoms with Gasteiger partial charge in [0.15, 0.2) is 0 Å². The lowest BCUT2D eigenvalue weighted by Crippen LogP contribution is -2.33. The summed E-state index contributed by atoms with van der Waals surface area (Å²) < 4.78 is 5.48. The van der Waals surface area contributed by atoms with E-state index < -0.39 is 5.60 Å². The molecule has 0 spiro atoms. The van der Waals surface area contributed by atoms with Crippen LogP contribution in [-0.4, -0.2) is 16.6 Å². The van der Waals surface area contributed by atoms with Crippen molar-refractivity contribution < 1.29 is 9.53 Å². The van der Waals surface area contributed by atoms with Crippen LogP contribution in [0.2, 0.25) is 5.02 Å². The molecule has 2 aromatic carbocycles. The Morgan fingerprint density at radius 2 is 1.96 bits per heavy atom. The third-order valence-electron chi connectivity index (χ3n) is 4.03. The SMILES string of the molecule is CC(C)(C)OC(=O)N1Cc2cccc(-c3cc(Cl)ccc3C#N)c2C1. The van der Waals surface area contributed by atoms with Crippen molar-refractivity contribution in [3.8, 4) is 17.2 Å². The molecule has 0 saturated heterocycles. The molecule has 1 heterocycles. The molecule has 128 valence electrons. The summed E-state index contributed by atoms with van der Waals surface area (Å²) in [6, 6.07) is 13.3. The molecule has 0 radical (unpaired) electrons. The van der Waals surface area contributed by atoms with Crippen LogP contribution in [-0.2, 0) is 17.8 Å². The van der Waals surface area contributed by atoms with E-state index in [1.165, 1.54) is 0 Å². The van der Waals surface area contributed by atoms with Crippen LogP contribution in [0.3, 0.4) is 0 Å². The summed E-state index contributed by atoms with van der Waals surface area (Å²) >= 11 is 6.13. The van der Waals surface area contributed by atoms with Gasteiger partial charge in [-0.3, -0.25) is 4.90 Å². The fourth-order valence-corrected chi connectivity index (χ4v) is 3.14. The third kappa shape index (κ3) is 3.62. The predicted molar refractivity (Wildman–Crippen MR) is 97.1 cm³/mol. The van der Waals surface area contributed by atoms with E-state index in [2.05, 4.69) is 6.07 Å².